The molecule has 0 saturated heterocycles. The molecule has 2 unspecified atom stereocenters. The van der Waals surface area contributed by atoms with Crippen LogP contribution < -0.4 is 5.32 Å². The van der Waals surface area contributed by atoms with Gasteiger partial charge in [-0.3, -0.25) is 9.78 Å². The molecular weight excluding hydrogens is 325 g/mol. The maximum absolute atomic E-state index is 13.0. The number of carbonyl (C=O) groups excluding carboxylic acids is 1. The number of nitrogens with zero attached hydrogens (tertiary/aromatic N) is 2. The van der Waals surface area contributed by atoms with Gasteiger partial charge in [0.25, 0.3) is 0 Å². The maximum Gasteiger partial charge on any atom is 0.232 e. The third-order valence-electron chi connectivity index (χ3n) is 4.23. The van der Waals surface area contributed by atoms with Gasteiger partial charge in [0.05, 0.1) is 16.1 Å². The molecule has 0 bridgehead atoms. The topological polar surface area (TPSA) is 54.9 Å². The van der Waals surface area contributed by atoms with Crippen molar-refractivity contribution in [3.63, 3.8) is 0 Å². The zero-order chi connectivity index (χ0) is 16.8. The first kappa shape index (κ1) is 15.2. The van der Waals surface area contributed by atoms with Crippen LogP contribution in [0.25, 0.3) is 21.3 Å². The first-order chi connectivity index (χ1) is 11.5. The molecule has 2 atom stereocenters. The second-order valence-electron chi connectivity index (χ2n) is 6.19. The molecule has 1 aliphatic carbocycles. The SMILES string of the molecule is Cc1cc(C)c(-c2ccc3nc(NC(=O)C4CC4F)sc3c2)cn1. The number of fused-ring (bicyclic) bond motifs is 1. The molecule has 1 aliphatic rings. The van der Waals surface area contributed by atoms with Crippen molar-refractivity contribution >= 4 is 32.6 Å². The Labute approximate surface area is 142 Å². The molecule has 1 N–H and O–H groups in total. The molecule has 24 heavy (non-hydrogen) atoms. The lowest BCUT2D eigenvalue weighted by Crippen LogP contribution is -2.14. The Hall–Kier alpha value is -2.34. The van der Waals surface area contributed by atoms with Crippen LogP contribution in [0.3, 0.4) is 0 Å². The van der Waals surface area contributed by atoms with Crippen LogP contribution in [0.4, 0.5) is 9.52 Å². The Morgan fingerprint density at radius 2 is 2.12 bits per heavy atom. The predicted molar refractivity (Wildman–Crippen MR) is 94.0 cm³/mol. The van der Waals surface area contributed by atoms with E-state index in [1.54, 1.807) is 0 Å². The van der Waals surface area contributed by atoms with Gasteiger partial charge in [-0.05, 0) is 49.6 Å². The minimum atomic E-state index is -0.997. The number of carbonyl (C=O) groups is 1. The summed E-state index contributed by atoms with van der Waals surface area (Å²) in [7, 11) is 0. The first-order valence-corrected chi connectivity index (χ1v) is 8.62. The molecule has 1 fully saturated rings. The molecule has 0 radical (unpaired) electrons. The largest absolute Gasteiger partial charge is 0.302 e. The quantitative estimate of drug-likeness (QED) is 0.774. The second kappa shape index (κ2) is 5.63. The van der Waals surface area contributed by atoms with Crippen molar-refractivity contribution in [3.05, 3.63) is 41.7 Å². The van der Waals surface area contributed by atoms with Gasteiger partial charge in [0.1, 0.15) is 6.17 Å². The Balaban J connectivity index is 1.64. The van der Waals surface area contributed by atoms with Gasteiger partial charge in [0.15, 0.2) is 5.13 Å². The van der Waals surface area contributed by atoms with Gasteiger partial charge in [-0.15, -0.1) is 0 Å². The van der Waals surface area contributed by atoms with Gasteiger partial charge < -0.3 is 5.32 Å². The van der Waals surface area contributed by atoms with Crippen molar-refractivity contribution in [2.45, 2.75) is 26.4 Å². The fourth-order valence-electron chi connectivity index (χ4n) is 2.78. The van der Waals surface area contributed by atoms with Crippen molar-refractivity contribution in [1.82, 2.24) is 9.97 Å². The number of rotatable bonds is 3. The summed E-state index contributed by atoms with van der Waals surface area (Å²) in [6.45, 7) is 4.04. The van der Waals surface area contributed by atoms with Crippen molar-refractivity contribution < 1.29 is 9.18 Å². The van der Waals surface area contributed by atoms with Crippen LogP contribution in [0.1, 0.15) is 17.7 Å². The van der Waals surface area contributed by atoms with Crippen LogP contribution in [0.2, 0.25) is 0 Å². The van der Waals surface area contributed by atoms with E-state index < -0.39 is 12.1 Å². The van der Waals surface area contributed by atoms with E-state index in [0.29, 0.717) is 11.6 Å². The molecule has 0 spiro atoms. The monoisotopic (exact) mass is 341 g/mol. The molecule has 2 aromatic heterocycles. The van der Waals surface area contributed by atoms with E-state index in [2.05, 4.69) is 34.3 Å². The molecule has 2 heterocycles. The normalized spacial score (nSPS) is 19.5. The first-order valence-electron chi connectivity index (χ1n) is 7.80. The average molecular weight is 341 g/mol. The highest BCUT2D eigenvalue weighted by atomic mass is 32.1. The van der Waals surface area contributed by atoms with Crippen molar-refractivity contribution in [1.29, 1.82) is 0 Å². The van der Waals surface area contributed by atoms with Crippen molar-refractivity contribution in [2.75, 3.05) is 5.32 Å². The fraction of sp³-hybridized carbons (Fsp3) is 0.278. The number of pyridine rings is 1. The minimum absolute atomic E-state index is 0.277. The van der Waals surface area contributed by atoms with E-state index in [4.69, 9.17) is 0 Å². The fourth-order valence-corrected chi connectivity index (χ4v) is 3.69. The minimum Gasteiger partial charge on any atom is -0.302 e. The summed E-state index contributed by atoms with van der Waals surface area (Å²) in [4.78, 5) is 20.6. The van der Waals surface area contributed by atoms with Crippen LogP contribution in [0, 0.1) is 19.8 Å². The summed E-state index contributed by atoms with van der Waals surface area (Å²) in [6.07, 6.45) is 1.20. The van der Waals surface area contributed by atoms with Gasteiger partial charge >= 0.3 is 0 Å². The zero-order valence-electron chi connectivity index (χ0n) is 13.3. The lowest BCUT2D eigenvalue weighted by Gasteiger charge is -2.06. The highest BCUT2D eigenvalue weighted by Gasteiger charge is 2.43. The summed E-state index contributed by atoms with van der Waals surface area (Å²) < 4.78 is 13.9. The molecule has 6 heteroatoms. The molecule has 122 valence electrons. The number of hydrogen-bond acceptors (Lipinski definition) is 4. The maximum atomic E-state index is 13.0. The number of amides is 1. The number of benzene rings is 1. The van der Waals surface area contributed by atoms with Crippen LogP contribution in [0.15, 0.2) is 30.5 Å². The van der Waals surface area contributed by atoms with E-state index >= 15 is 0 Å². The zero-order valence-corrected chi connectivity index (χ0v) is 14.2. The number of anilines is 1. The number of nitrogens with one attached hydrogen (secondary N) is 1. The number of aryl methyl sites for hydroxylation is 2. The van der Waals surface area contributed by atoms with Gasteiger partial charge in [-0.2, -0.15) is 0 Å². The lowest BCUT2D eigenvalue weighted by molar-refractivity contribution is -0.117. The van der Waals surface area contributed by atoms with Crippen LogP contribution in [0.5, 0.6) is 0 Å². The Bertz CT molecular complexity index is 953. The molecule has 3 aromatic rings. The van der Waals surface area contributed by atoms with Gasteiger partial charge in [0, 0.05) is 17.5 Å². The Morgan fingerprint density at radius 3 is 2.83 bits per heavy atom. The molecule has 4 nitrogen and oxygen atoms in total. The third-order valence-corrected chi connectivity index (χ3v) is 5.16. The summed E-state index contributed by atoms with van der Waals surface area (Å²) in [5.74, 6) is -0.783. The van der Waals surface area contributed by atoms with Crippen LogP contribution in [-0.4, -0.2) is 22.0 Å². The number of hydrogen-bond donors (Lipinski definition) is 1. The van der Waals surface area contributed by atoms with Gasteiger partial charge in [-0.25, -0.2) is 9.37 Å². The van der Waals surface area contributed by atoms with Gasteiger partial charge in [-0.1, -0.05) is 17.4 Å². The van der Waals surface area contributed by atoms with E-state index in [1.165, 1.54) is 16.9 Å². The third kappa shape index (κ3) is 2.78. The molecule has 1 saturated carbocycles. The number of aromatic nitrogens is 2. The lowest BCUT2D eigenvalue weighted by atomic mass is 10.0. The summed E-state index contributed by atoms with van der Waals surface area (Å²) in [6, 6.07) is 8.05. The smallest absolute Gasteiger partial charge is 0.232 e. The average Bonchev–Trinajstić information content (AvgIpc) is 3.13. The molecular formula is C18H16FN3OS. The van der Waals surface area contributed by atoms with E-state index in [9.17, 15) is 9.18 Å². The van der Waals surface area contributed by atoms with E-state index in [0.717, 1.165) is 27.0 Å². The highest BCUT2D eigenvalue weighted by molar-refractivity contribution is 7.22. The predicted octanol–water partition coefficient (Wildman–Crippen LogP) is 4.27. The second-order valence-corrected chi connectivity index (χ2v) is 7.22. The van der Waals surface area contributed by atoms with E-state index in [-0.39, 0.29) is 5.91 Å². The number of alkyl halides is 1. The Morgan fingerprint density at radius 1 is 1.33 bits per heavy atom. The standard InChI is InChI=1S/C18H16FN3OS/c1-9-5-10(2)20-8-13(9)11-3-4-15-16(6-11)24-18(21-15)22-17(23)12-7-14(12)19/h3-6,8,12,14H,7H2,1-2H3,(H,21,22,23). The van der Waals surface area contributed by atoms with Crippen LogP contribution in [-0.2, 0) is 4.79 Å². The number of halogens is 1. The number of thiazole rings is 1. The van der Waals surface area contributed by atoms with Crippen molar-refractivity contribution in [2.24, 2.45) is 5.92 Å². The summed E-state index contributed by atoms with van der Waals surface area (Å²) in [5, 5.41) is 3.24. The van der Waals surface area contributed by atoms with Crippen molar-refractivity contribution in [3.8, 4) is 11.1 Å². The van der Waals surface area contributed by atoms with E-state index in [1.807, 2.05) is 25.3 Å². The van der Waals surface area contributed by atoms with Crippen LogP contribution >= 0.6 is 11.3 Å². The summed E-state index contributed by atoms with van der Waals surface area (Å²) >= 11 is 1.40. The molecule has 0 aliphatic heterocycles. The van der Waals surface area contributed by atoms with Gasteiger partial charge in [0.2, 0.25) is 5.91 Å². The molecule has 1 amide bonds. The molecule has 1 aromatic carbocycles. The highest BCUT2D eigenvalue weighted by Crippen LogP contribution is 2.36. The Kier molecular flexibility index (Phi) is 3.57. The molecule has 4 rings (SSSR count). The summed E-state index contributed by atoms with van der Waals surface area (Å²) in [5.41, 5.74) is 5.14.